The topological polar surface area (TPSA) is 67.3 Å². The first-order valence-electron chi connectivity index (χ1n) is 5.77. The van der Waals surface area contributed by atoms with Gasteiger partial charge in [0.05, 0.1) is 11.4 Å². The van der Waals surface area contributed by atoms with Gasteiger partial charge >= 0.3 is 5.97 Å². The fraction of sp³-hybridized carbons (Fsp3) is 0.231. The van der Waals surface area contributed by atoms with E-state index in [2.05, 4.69) is 4.98 Å². The Balaban J connectivity index is 2.14. The third kappa shape index (κ3) is 3.65. The number of aliphatic carboxylic acids is 1. The lowest BCUT2D eigenvalue weighted by Crippen LogP contribution is -2.22. The molecule has 0 aliphatic heterocycles. The van der Waals surface area contributed by atoms with E-state index < -0.39 is 22.0 Å². The van der Waals surface area contributed by atoms with Gasteiger partial charge in [0.15, 0.2) is 0 Å². The zero-order valence-corrected chi connectivity index (χ0v) is 13.0. The van der Waals surface area contributed by atoms with Crippen molar-refractivity contribution in [3.8, 4) is 11.3 Å². The Hall–Kier alpha value is -1.24. The lowest BCUT2D eigenvalue weighted by atomic mass is 10.2. The number of aromatic nitrogens is 1. The highest BCUT2D eigenvalue weighted by atomic mass is 35.5. The predicted molar refractivity (Wildman–Crippen MR) is 81.5 cm³/mol. The van der Waals surface area contributed by atoms with Crippen molar-refractivity contribution < 1.29 is 14.1 Å². The van der Waals surface area contributed by atoms with Gasteiger partial charge in [0.25, 0.3) is 0 Å². The molecule has 2 unspecified atom stereocenters. The SMILES string of the molecule is CC(C(=O)O)S(=O)Cc1nc(-c2cccc(Cl)c2)cs1. The summed E-state index contributed by atoms with van der Waals surface area (Å²) in [6, 6.07) is 7.31. The summed E-state index contributed by atoms with van der Waals surface area (Å²) in [5.41, 5.74) is 1.64. The zero-order valence-electron chi connectivity index (χ0n) is 10.6. The Morgan fingerprint density at radius 2 is 2.30 bits per heavy atom. The van der Waals surface area contributed by atoms with Crippen LogP contribution in [0.4, 0.5) is 0 Å². The summed E-state index contributed by atoms with van der Waals surface area (Å²) in [6.07, 6.45) is 0. The lowest BCUT2D eigenvalue weighted by Gasteiger charge is -2.03. The molecule has 1 aromatic carbocycles. The molecule has 2 atom stereocenters. The van der Waals surface area contributed by atoms with E-state index in [1.165, 1.54) is 18.3 Å². The molecule has 0 bridgehead atoms. The molecular weight excluding hydrogens is 318 g/mol. The number of nitrogens with zero attached hydrogens (tertiary/aromatic N) is 1. The first kappa shape index (κ1) is 15.2. The maximum atomic E-state index is 11.8. The second-order valence-corrected chi connectivity index (χ2v) is 7.28. The van der Waals surface area contributed by atoms with Crippen molar-refractivity contribution in [2.24, 2.45) is 0 Å². The van der Waals surface area contributed by atoms with Gasteiger partial charge in [-0.25, -0.2) is 4.98 Å². The summed E-state index contributed by atoms with van der Waals surface area (Å²) in [7, 11) is -1.47. The third-order valence-corrected chi connectivity index (χ3v) is 5.49. The van der Waals surface area contributed by atoms with Crippen LogP contribution in [-0.2, 0) is 21.3 Å². The van der Waals surface area contributed by atoms with E-state index in [1.807, 2.05) is 17.5 Å². The summed E-state index contributed by atoms with van der Waals surface area (Å²) in [4.78, 5) is 15.1. The van der Waals surface area contributed by atoms with Gasteiger partial charge in [0.2, 0.25) is 0 Å². The number of rotatable bonds is 5. The number of carboxylic acids is 1. The first-order chi connectivity index (χ1) is 9.47. The largest absolute Gasteiger partial charge is 0.480 e. The van der Waals surface area contributed by atoms with Crippen molar-refractivity contribution in [3.05, 3.63) is 39.7 Å². The zero-order chi connectivity index (χ0) is 14.7. The smallest absolute Gasteiger partial charge is 0.318 e. The fourth-order valence-electron chi connectivity index (χ4n) is 1.52. The van der Waals surface area contributed by atoms with Crippen molar-refractivity contribution in [3.63, 3.8) is 0 Å². The van der Waals surface area contributed by atoms with Gasteiger partial charge in [-0.3, -0.25) is 9.00 Å². The summed E-state index contributed by atoms with van der Waals surface area (Å²) in [5.74, 6) is -0.909. The minimum atomic E-state index is -1.47. The molecule has 7 heteroatoms. The van der Waals surface area contributed by atoms with Crippen LogP contribution in [0.1, 0.15) is 11.9 Å². The Morgan fingerprint density at radius 1 is 1.55 bits per heavy atom. The molecule has 0 fully saturated rings. The van der Waals surface area contributed by atoms with Crippen LogP contribution in [0.3, 0.4) is 0 Å². The monoisotopic (exact) mass is 329 g/mol. The number of carbonyl (C=O) groups is 1. The van der Waals surface area contributed by atoms with Crippen LogP contribution in [0, 0.1) is 0 Å². The van der Waals surface area contributed by atoms with E-state index in [0.717, 1.165) is 11.3 Å². The molecule has 0 aliphatic carbocycles. The number of carboxylic acid groups (broad SMARTS) is 1. The molecule has 2 aromatic rings. The minimum Gasteiger partial charge on any atom is -0.480 e. The summed E-state index contributed by atoms with van der Waals surface area (Å²) in [5, 5.41) is 11.1. The van der Waals surface area contributed by atoms with Crippen molar-refractivity contribution >= 4 is 39.7 Å². The van der Waals surface area contributed by atoms with Gasteiger partial charge in [-0.15, -0.1) is 11.3 Å². The standard InChI is InChI=1S/C13H12ClNO3S2/c1-8(13(16)17)20(18)7-12-15-11(6-19-12)9-3-2-4-10(14)5-9/h2-6,8H,7H2,1H3,(H,16,17). The van der Waals surface area contributed by atoms with Crippen LogP contribution in [0.5, 0.6) is 0 Å². The molecule has 1 aromatic heterocycles. The Bertz CT molecular complexity index is 657. The first-order valence-corrected chi connectivity index (χ1v) is 8.41. The molecule has 0 saturated carbocycles. The highest BCUT2D eigenvalue weighted by molar-refractivity contribution is 7.85. The minimum absolute atomic E-state index is 0.151. The number of hydrogen-bond acceptors (Lipinski definition) is 4. The second kappa shape index (κ2) is 6.47. The number of halogens is 1. The van der Waals surface area contributed by atoms with Crippen molar-refractivity contribution in [1.82, 2.24) is 4.98 Å². The molecule has 106 valence electrons. The predicted octanol–water partition coefficient (Wildman–Crippen LogP) is 3.19. The highest BCUT2D eigenvalue weighted by Gasteiger charge is 2.20. The molecule has 20 heavy (non-hydrogen) atoms. The van der Waals surface area contributed by atoms with E-state index in [9.17, 15) is 9.00 Å². The van der Waals surface area contributed by atoms with Gasteiger partial charge in [-0.2, -0.15) is 0 Å². The molecule has 0 saturated heterocycles. The van der Waals surface area contributed by atoms with E-state index in [1.54, 1.807) is 12.1 Å². The molecule has 0 spiro atoms. The second-order valence-electron chi connectivity index (χ2n) is 4.14. The van der Waals surface area contributed by atoms with E-state index in [-0.39, 0.29) is 5.75 Å². The van der Waals surface area contributed by atoms with Gasteiger partial charge in [-0.1, -0.05) is 23.7 Å². The Morgan fingerprint density at radius 3 is 2.95 bits per heavy atom. The van der Waals surface area contributed by atoms with E-state index in [4.69, 9.17) is 16.7 Å². The lowest BCUT2D eigenvalue weighted by molar-refractivity contribution is -0.136. The molecule has 1 N–H and O–H groups in total. The Labute approximate surface area is 127 Å². The van der Waals surface area contributed by atoms with Gasteiger partial charge in [0.1, 0.15) is 10.3 Å². The molecule has 0 radical (unpaired) electrons. The average molecular weight is 330 g/mol. The molecular formula is C13H12ClNO3S2. The van der Waals surface area contributed by atoms with E-state index >= 15 is 0 Å². The molecule has 2 rings (SSSR count). The van der Waals surface area contributed by atoms with Crippen LogP contribution in [0.25, 0.3) is 11.3 Å². The fourth-order valence-corrected chi connectivity index (χ4v) is 3.70. The number of hydrogen-bond donors (Lipinski definition) is 1. The third-order valence-electron chi connectivity index (χ3n) is 2.68. The van der Waals surface area contributed by atoms with Crippen LogP contribution in [-0.4, -0.2) is 25.5 Å². The summed E-state index contributed by atoms with van der Waals surface area (Å²) < 4.78 is 11.8. The van der Waals surface area contributed by atoms with Crippen molar-refractivity contribution in [2.45, 2.75) is 17.9 Å². The van der Waals surface area contributed by atoms with E-state index in [0.29, 0.717) is 10.0 Å². The normalized spacial score (nSPS) is 13.9. The maximum absolute atomic E-state index is 11.8. The summed E-state index contributed by atoms with van der Waals surface area (Å²) >= 11 is 7.29. The molecule has 0 amide bonds. The van der Waals surface area contributed by atoms with Crippen LogP contribution in [0.2, 0.25) is 5.02 Å². The molecule has 0 aliphatic rings. The average Bonchev–Trinajstić information content (AvgIpc) is 2.86. The quantitative estimate of drug-likeness (QED) is 0.914. The van der Waals surface area contributed by atoms with Crippen LogP contribution < -0.4 is 0 Å². The number of benzene rings is 1. The summed E-state index contributed by atoms with van der Waals surface area (Å²) in [6.45, 7) is 1.43. The molecule has 1 heterocycles. The van der Waals surface area contributed by atoms with Gasteiger partial charge < -0.3 is 5.11 Å². The van der Waals surface area contributed by atoms with Crippen LogP contribution in [0.15, 0.2) is 29.6 Å². The van der Waals surface area contributed by atoms with Gasteiger partial charge in [0, 0.05) is 26.8 Å². The maximum Gasteiger partial charge on any atom is 0.318 e. The van der Waals surface area contributed by atoms with Gasteiger partial charge in [-0.05, 0) is 19.1 Å². The number of thiazole rings is 1. The van der Waals surface area contributed by atoms with Crippen LogP contribution >= 0.6 is 22.9 Å². The Kier molecular flexibility index (Phi) is 4.91. The highest BCUT2D eigenvalue weighted by Crippen LogP contribution is 2.25. The van der Waals surface area contributed by atoms with Crippen molar-refractivity contribution in [1.29, 1.82) is 0 Å². The van der Waals surface area contributed by atoms with Crippen molar-refractivity contribution in [2.75, 3.05) is 0 Å². The molecule has 4 nitrogen and oxygen atoms in total.